The fourth-order valence-electron chi connectivity index (χ4n) is 6.26. The van der Waals surface area contributed by atoms with E-state index in [0.29, 0.717) is 46.1 Å². The molecule has 46 heavy (non-hydrogen) atoms. The molecule has 7 nitrogen and oxygen atoms in total. The summed E-state index contributed by atoms with van der Waals surface area (Å²) in [6.45, 7) is 8.10. The van der Waals surface area contributed by atoms with Crippen molar-refractivity contribution in [1.29, 1.82) is 5.26 Å². The van der Waals surface area contributed by atoms with Gasteiger partial charge in [-0.25, -0.2) is 14.4 Å². The zero-order chi connectivity index (χ0) is 32.4. The molecule has 0 radical (unpaired) electrons. The monoisotopic (exact) mass is 656 g/mol. The van der Waals surface area contributed by atoms with E-state index in [9.17, 15) is 10.1 Å². The molecule has 234 valence electrons. The van der Waals surface area contributed by atoms with E-state index in [1.165, 1.54) is 29.5 Å². The van der Waals surface area contributed by atoms with Crippen molar-refractivity contribution in [1.82, 2.24) is 9.88 Å². The zero-order valence-corrected chi connectivity index (χ0v) is 27.2. The molecule has 1 unspecified atom stereocenters. The van der Waals surface area contributed by atoms with Crippen LogP contribution in [0.5, 0.6) is 5.75 Å². The van der Waals surface area contributed by atoms with E-state index in [2.05, 4.69) is 12.6 Å². The van der Waals surface area contributed by atoms with Crippen molar-refractivity contribution >= 4 is 42.8 Å². The molecule has 7 rings (SSSR count). The molecule has 4 aromatic rings. The summed E-state index contributed by atoms with van der Waals surface area (Å²) in [7, 11) is -2.06. The lowest BCUT2D eigenvalue weighted by Gasteiger charge is -2.40. The highest BCUT2D eigenvalue weighted by molar-refractivity contribution is 8.45. The van der Waals surface area contributed by atoms with E-state index in [1.54, 1.807) is 12.0 Å². The summed E-state index contributed by atoms with van der Waals surface area (Å²) < 4.78 is 45.9. The third-order valence-electron chi connectivity index (χ3n) is 8.68. The largest absolute Gasteiger partial charge is 0.490 e. The Hall–Kier alpha value is -4.37. The first kappa shape index (κ1) is 30.3. The van der Waals surface area contributed by atoms with Gasteiger partial charge < -0.3 is 14.4 Å². The predicted molar refractivity (Wildman–Crippen MR) is 178 cm³/mol. The number of aliphatic imine (C=N–C) groups is 1. The normalized spacial score (nSPS) is 19.7. The van der Waals surface area contributed by atoms with Crippen molar-refractivity contribution in [2.24, 2.45) is 4.99 Å². The summed E-state index contributed by atoms with van der Waals surface area (Å²) in [4.78, 5) is 24.8. The summed E-state index contributed by atoms with van der Waals surface area (Å²) >= 11 is 1.48. The van der Waals surface area contributed by atoms with Gasteiger partial charge in [0.15, 0.2) is 0 Å². The maximum absolute atomic E-state index is 18.4. The van der Waals surface area contributed by atoms with E-state index in [-0.39, 0.29) is 41.4 Å². The van der Waals surface area contributed by atoms with Crippen LogP contribution in [0.3, 0.4) is 0 Å². The van der Waals surface area contributed by atoms with Crippen LogP contribution in [-0.2, 0) is 14.9 Å². The second-order valence-corrected chi connectivity index (χ2v) is 15.1. The first-order valence-electron chi connectivity index (χ1n) is 14.8. The molecule has 3 aliphatic rings. The average Bonchev–Trinajstić information content (AvgIpc) is 3.67. The van der Waals surface area contributed by atoms with Gasteiger partial charge in [-0.3, -0.25) is 4.79 Å². The van der Waals surface area contributed by atoms with E-state index in [1.807, 2.05) is 49.6 Å². The highest BCUT2D eigenvalue weighted by Gasteiger charge is 2.52. The molecule has 11 heteroatoms. The van der Waals surface area contributed by atoms with Crippen LogP contribution in [0.15, 0.2) is 81.0 Å². The van der Waals surface area contributed by atoms with Gasteiger partial charge in [-0.15, -0.1) is 11.3 Å². The van der Waals surface area contributed by atoms with Gasteiger partial charge in [0.25, 0.3) is 0 Å². The molecule has 2 aromatic carbocycles. The van der Waals surface area contributed by atoms with Crippen molar-refractivity contribution in [3.05, 3.63) is 88.2 Å². The third-order valence-corrected chi connectivity index (χ3v) is 12.4. The SMILES string of the molecule is C=CC(=O)N1CCC2=C(C1)S1(F)C(=N2)c2nc(-c3cccc(C(C)(C)C#N)c3)c3ccsc3c2-c2c(OCCOC)cc(F)cc21. The van der Waals surface area contributed by atoms with Gasteiger partial charge in [0.2, 0.25) is 5.91 Å². The van der Waals surface area contributed by atoms with Gasteiger partial charge in [0.1, 0.15) is 28.9 Å². The third kappa shape index (κ3) is 4.50. The number of rotatable bonds is 7. The fraction of sp³-hybridized carbons (Fsp3) is 0.257. The van der Waals surface area contributed by atoms with Gasteiger partial charge in [-0.1, -0.05) is 24.8 Å². The van der Waals surface area contributed by atoms with E-state index >= 15 is 8.28 Å². The minimum Gasteiger partial charge on any atom is -0.490 e. The standard InChI is InChI=1S/C35H30F2N4O3S2/c1-5-28(42)41-11-9-24-27(18-41)46(37)26-17-22(36)16-25(44-13-12-43-4)29(26)30-32(34(46)39-24)40-31(23-10-14-45-33(23)30)20-7-6-8-21(15-20)35(2,3)19-38/h5-8,10,14-17H,1,9,11-13,18H2,2-4H3. The molecule has 3 aliphatic heterocycles. The molecule has 5 heterocycles. The number of carbonyl (C=O) groups is 1. The Balaban J connectivity index is 1.52. The van der Waals surface area contributed by atoms with Crippen LogP contribution < -0.4 is 4.74 Å². The minimum atomic E-state index is -3.61. The van der Waals surface area contributed by atoms with Crippen LogP contribution in [0, 0.1) is 17.1 Å². The van der Waals surface area contributed by atoms with E-state index in [0.717, 1.165) is 21.2 Å². The topological polar surface area (TPSA) is 87.8 Å². The fourth-order valence-corrected chi connectivity index (χ4v) is 10.1. The summed E-state index contributed by atoms with van der Waals surface area (Å²) in [5.74, 6) is -0.739. The number of thiophene rings is 1. The molecule has 0 saturated heterocycles. The molecule has 1 amide bonds. The van der Waals surface area contributed by atoms with Crippen LogP contribution in [0.25, 0.3) is 32.5 Å². The Kier molecular flexibility index (Phi) is 7.35. The molecule has 0 saturated carbocycles. The van der Waals surface area contributed by atoms with Crippen molar-refractivity contribution in [3.63, 3.8) is 0 Å². The highest BCUT2D eigenvalue weighted by atomic mass is 32.3. The molecule has 0 N–H and O–H groups in total. The molecule has 0 fully saturated rings. The lowest BCUT2D eigenvalue weighted by molar-refractivity contribution is -0.125. The van der Waals surface area contributed by atoms with Gasteiger partial charge in [0.05, 0.1) is 36.0 Å². The number of hydrogen-bond donors (Lipinski definition) is 0. The smallest absolute Gasteiger partial charge is 0.246 e. The Morgan fingerprint density at radius 3 is 2.80 bits per heavy atom. The Morgan fingerprint density at radius 1 is 1.22 bits per heavy atom. The predicted octanol–water partition coefficient (Wildman–Crippen LogP) is 8.05. The van der Waals surface area contributed by atoms with Crippen LogP contribution in [-0.4, -0.2) is 54.2 Å². The molecule has 2 aromatic heterocycles. The summed E-state index contributed by atoms with van der Waals surface area (Å²) in [5, 5.41) is 12.8. The lowest BCUT2D eigenvalue weighted by atomic mass is 9.85. The molecular weight excluding hydrogens is 627 g/mol. The Labute approximate surface area is 271 Å². The number of halogens is 2. The van der Waals surface area contributed by atoms with Gasteiger partial charge in [0, 0.05) is 73.1 Å². The lowest BCUT2D eigenvalue weighted by Crippen LogP contribution is -2.36. The quantitative estimate of drug-likeness (QED) is 0.148. The number of pyridine rings is 1. The summed E-state index contributed by atoms with van der Waals surface area (Å²) in [5.41, 5.74) is 3.54. The Morgan fingerprint density at radius 2 is 2.04 bits per heavy atom. The van der Waals surface area contributed by atoms with Crippen LogP contribution in [0.4, 0.5) is 8.28 Å². The second-order valence-electron chi connectivity index (χ2n) is 11.8. The first-order chi connectivity index (χ1) is 22.1. The summed E-state index contributed by atoms with van der Waals surface area (Å²) in [6, 6.07) is 14.6. The van der Waals surface area contributed by atoms with E-state index in [4.69, 9.17) is 19.5 Å². The number of hydrogen-bond acceptors (Lipinski definition) is 7. The van der Waals surface area contributed by atoms with Crippen LogP contribution >= 0.6 is 21.8 Å². The van der Waals surface area contributed by atoms with Crippen LogP contribution in [0.1, 0.15) is 31.5 Å². The van der Waals surface area contributed by atoms with Gasteiger partial charge >= 0.3 is 0 Å². The molecule has 1 atom stereocenters. The highest BCUT2D eigenvalue weighted by Crippen LogP contribution is 2.75. The number of aromatic nitrogens is 1. The van der Waals surface area contributed by atoms with Crippen molar-refractivity contribution in [3.8, 4) is 34.2 Å². The van der Waals surface area contributed by atoms with Crippen molar-refractivity contribution < 1.29 is 22.5 Å². The van der Waals surface area contributed by atoms with Gasteiger partial charge in [-0.05, 0) is 49.1 Å². The number of methoxy groups -OCH3 is 1. The maximum atomic E-state index is 18.4. The maximum Gasteiger partial charge on any atom is 0.246 e. The average molecular weight is 657 g/mol. The number of nitriles is 1. The molecular formula is C35H30F2N4O3S2. The number of benzene rings is 2. The van der Waals surface area contributed by atoms with Crippen molar-refractivity contribution in [2.75, 3.05) is 33.4 Å². The number of fused-ring (bicyclic) bond motifs is 9. The molecule has 0 spiro atoms. The zero-order valence-electron chi connectivity index (χ0n) is 25.5. The van der Waals surface area contributed by atoms with Crippen LogP contribution in [0.2, 0.25) is 0 Å². The molecule has 0 bridgehead atoms. The minimum absolute atomic E-state index is 0.0174. The first-order valence-corrected chi connectivity index (χ1v) is 17.2. The van der Waals surface area contributed by atoms with Gasteiger partial charge in [-0.2, -0.15) is 9.15 Å². The summed E-state index contributed by atoms with van der Waals surface area (Å²) in [6.07, 6.45) is 1.57. The number of amides is 1. The second kappa shape index (κ2) is 11.2. The number of nitrogens with zero attached hydrogens (tertiary/aromatic N) is 4. The Bertz CT molecular complexity index is 2080. The number of ether oxygens (including phenoxy) is 2. The van der Waals surface area contributed by atoms with Crippen molar-refractivity contribution in [2.45, 2.75) is 30.6 Å². The number of carbonyl (C=O) groups excluding carboxylic acids is 1. The molecule has 0 aliphatic carbocycles. The van der Waals surface area contributed by atoms with E-state index < -0.39 is 21.6 Å².